The lowest BCUT2D eigenvalue weighted by Gasteiger charge is -2.11. The smallest absolute Gasteiger partial charge is 0.0935 e. The lowest BCUT2D eigenvalue weighted by atomic mass is 10.0. The Morgan fingerprint density at radius 1 is 1.32 bits per heavy atom. The van der Waals surface area contributed by atoms with Crippen LogP contribution in [0.2, 0.25) is 0 Å². The van der Waals surface area contributed by atoms with Crippen molar-refractivity contribution in [2.24, 2.45) is 5.92 Å². The maximum Gasteiger partial charge on any atom is 0.0935 e. The fourth-order valence-corrected chi connectivity index (χ4v) is 3.24. The molecule has 0 radical (unpaired) electrons. The van der Waals surface area contributed by atoms with E-state index in [1.807, 2.05) is 7.05 Å². The van der Waals surface area contributed by atoms with E-state index in [9.17, 15) is 0 Å². The Kier molecular flexibility index (Phi) is 5.55. The molecule has 1 N–H and O–H groups in total. The number of hydrogen-bond donors (Lipinski definition) is 1. The molecule has 2 rings (SSSR count). The van der Waals surface area contributed by atoms with Crippen LogP contribution in [0.15, 0.2) is 34.1 Å². The van der Waals surface area contributed by atoms with Crippen molar-refractivity contribution in [3.63, 3.8) is 0 Å². The summed E-state index contributed by atoms with van der Waals surface area (Å²) in [6, 6.07) is 8.33. The summed E-state index contributed by atoms with van der Waals surface area (Å²) < 4.78 is 1.10. The molecular weight excluding hydrogens is 320 g/mol. The third-order valence-electron chi connectivity index (χ3n) is 3.23. The van der Waals surface area contributed by atoms with Gasteiger partial charge in [0.15, 0.2) is 0 Å². The largest absolute Gasteiger partial charge is 0.319 e. The standard InChI is InChI=1S/C15H19BrN2S/c1-3-11(9-17-2)8-15-18-14(10-19-15)12-4-6-13(16)7-5-12/h4-7,10-11,17H,3,8-9H2,1-2H3. The molecule has 0 saturated heterocycles. The van der Waals surface area contributed by atoms with Crippen LogP contribution in [0.3, 0.4) is 0 Å². The zero-order chi connectivity index (χ0) is 13.7. The number of benzene rings is 1. The monoisotopic (exact) mass is 338 g/mol. The summed E-state index contributed by atoms with van der Waals surface area (Å²) in [5.74, 6) is 0.675. The first-order chi connectivity index (χ1) is 9.22. The Morgan fingerprint density at radius 2 is 2.05 bits per heavy atom. The molecule has 1 atom stereocenters. The lowest BCUT2D eigenvalue weighted by molar-refractivity contribution is 0.480. The number of thiazole rings is 1. The average Bonchev–Trinajstić information content (AvgIpc) is 2.87. The first-order valence-electron chi connectivity index (χ1n) is 6.58. The molecule has 0 fully saturated rings. The fourth-order valence-electron chi connectivity index (χ4n) is 2.05. The lowest BCUT2D eigenvalue weighted by Crippen LogP contribution is -2.19. The molecule has 1 aromatic heterocycles. The Balaban J connectivity index is 2.08. The predicted molar refractivity (Wildman–Crippen MR) is 86.7 cm³/mol. The summed E-state index contributed by atoms with van der Waals surface area (Å²) in [6.07, 6.45) is 2.26. The van der Waals surface area contributed by atoms with E-state index < -0.39 is 0 Å². The van der Waals surface area contributed by atoms with Gasteiger partial charge in [0.1, 0.15) is 0 Å². The number of nitrogens with zero attached hydrogens (tertiary/aromatic N) is 1. The van der Waals surface area contributed by atoms with Gasteiger partial charge in [0.05, 0.1) is 10.7 Å². The van der Waals surface area contributed by atoms with Crippen LogP contribution >= 0.6 is 27.3 Å². The van der Waals surface area contributed by atoms with E-state index in [0.717, 1.165) is 23.1 Å². The molecule has 2 nitrogen and oxygen atoms in total. The first kappa shape index (κ1) is 14.7. The molecule has 1 unspecified atom stereocenters. The van der Waals surface area contributed by atoms with Crippen molar-refractivity contribution in [1.29, 1.82) is 0 Å². The van der Waals surface area contributed by atoms with Gasteiger partial charge in [-0.05, 0) is 31.6 Å². The van der Waals surface area contributed by atoms with Crippen molar-refractivity contribution in [2.45, 2.75) is 19.8 Å². The van der Waals surface area contributed by atoms with Crippen molar-refractivity contribution in [3.05, 3.63) is 39.1 Å². The van der Waals surface area contributed by atoms with Crippen molar-refractivity contribution >= 4 is 27.3 Å². The van der Waals surface area contributed by atoms with E-state index in [4.69, 9.17) is 4.98 Å². The molecule has 1 heterocycles. The molecule has 102 valence electrons. The van der Waals surface area contributed by atoms with Crippen LogP contribution < -0.4 is 5.32 Å². The number of halogens is 1. The Bertz CT molecular complexity index is 507. The van der Waals surface area contributed by atoms with E-state index >= 15 is 0 Å². The molecule has 0 amide bonds. The average molecular weight is 339 g/mol. The van der Waals surface area contributed by atoms with Crippen LogP contribution in [0, 0.1) is 5.92 Å². The highest BCUT2D eigenvalue weighted by molar-refractivity contribution is 9.10. The van der Waals surface area contributed by atoms with E-state index in [1.54, 1.807) is 11.3 Å². The summed E-state index contributed by atoms with van der Waals surface area (Å²) >= 11 is 5.23. The Hall–Kier alpha value is -0.710. The molecule has 0 aliphatic rings. The van der Waals surface area contributed by atoms with Crippen LogP contribution in [0.4, 0.5) is 0 Å². The zero-order valence-electron chi connectivity index (χ0n) is 11.3. The van der Waals surface area contributed by atoms with E-state index in [0.29, 0.717) is 5.92 Å². The second-order valence-corrected chi connectivity index (χ2v) is 6.53. The van der Waals surface area contributed by atoms with Crippen molar-refractivity contribution in [3.8, 4) is 11.3 Å². The molecule has 0 saturated carbocycles. The SMILES string of the molecule is CCC(CNC)Cc1nc(-c2ccc(Br)cc2)cs1. The summed E-state index contributed by atoms with van der Waals surface area (Å²) in [6.45, 7) is 3.30. The third-order valence-corrected chi connectivity index (χ3v) is 4.62. The van der Waals surface area contributed by atoms with Gasteiger partial charge in [-0.2, -0.15) is 0 Å². The van der Waals surface area contributed by atoms with Crippen LogP contribution in [0.25, 0.3) is 11.3 Å². The van der Waals surface area contributed by atoms with E-state index in [1.165, 1.54) is 17.0 Å². The third kappa shape index (κ3) is 4.13. The maximum absolute atomic E-state index is 4.76. The molecule has 1 aromatic carbocycles. The number of nitrogens with one attached hydrogen (secondary N) is 1. The van der Waals surface area contributed by atoms with Crippen LogP contribution in [-0.2, 0) is 6.42 Å². The Labute approximate surface area is 127 Å². The molecule has 2 aromatic rings. The van der Waals surface area contributed by atoms with E-state index in [-0.39, 0.29) is 0 Å². The molecule has 4 heteroatoms. The fraction of sp³-hybridized carbons (Fsp3) is 0.400. The molecule has 19 heavy (non-hydrogen) atoms. The molecule has 0 spiro atoms. The summed E-state index contributed by atoms with van der Waals surface area (Å²) in [7, 11) is 2.01. The minimum atomic E-state index is 0.675. The second-order valence-electron chi connectivity index (χ2n) is 4.67. The molecule has 0 aliphatic carbocycles. The van der Waals surface area contributed by atoms with Gasteiger partial charge in [-0.25, -0.2) is 4.98 Å². The Morgan fingerprint density at radius 3 is 2.68 bits per heavy atom. The number of rotatable bonds is 6. The predicted octanol–water partition coefficient (Wildman–Crippen LogP) is 4.36. The quantitative estimate of drug-likeness (QED) is 0.846. The second kappa shape index (κ2) is 7.17. The van der Waals surface area contributed by atoms with Crippen molar-refractivity contribution in [2.75, 3.05) is 13.6 Å². The molecular formula is C15H19BrN2S. The van der Waals surface area contributed by atoms with Gasteiger partial charge in [0, 0.05) is 21.8 Å². The maximum atomic E-state index is 4.76. The van der Waals surface area contributed by atoms with Crippen LogP contribution in [0.5, 0.6) is 0 Å². The first-order valence-corrected chi connectivity index (χ1v) is 8.25. The van der Waals surface area contributed by atoms with E-state index in [2.05, 4.69) is 57.8 Å². The van der Waals surface area contributed by atoms with Gasteiger partial charge in [0.2, 0.25) is 0 Å². The van der Waals surface area contributed by atoms with Gasteiger partial charge in [-0.1, -0.05) is 41.4 Å². The van der Waals surface area contributed by atoms with Gasteiger partial charge in [0.25, 0.3) is 0 Å². The van der Waals surface area contributed by atoms with Gasteiger partial charge in [-0.15, -0.1) is 11.3 Å². The normalized spacial score (nSPS) is 12.6. The van der Waals surface area contributed by atoms with Crippen molar-refractivity contribution in [1.82, 2.24) is 10.3 Å². The molecule has 0 aliphatic heterocycles. The van der Waals surface area contributed by atoms with Crippen LogP contribution in [-0.4, -0.2) is 18.6 Å². The highest BCUT2D eigenvalue weighted by atomic mass is 79.9. The number of aromatic nitrogens is 1. The van der Waals surface area contributed by atoms with Crippen LogP contribution in [0.1, 0.15) is 18.4 Å². The zero-order valence-corrected chi connectivity index (χ0v) is 13.7. The topological polar surface area (TPSA) is 24.9 Å². The number of hydrogen-bond acceptors (Lipinski definition) is 3. The summed E-state index contributed by atoms with van der Waals surface area (Å²) in [5, 5.41) is 6.65. The van der Waals surface area contributed by atoms with Crippen molar-refractivity contribution < 1.29 is 0 Å². The highest BCUT2D eigenvalue weighted by Crippen LogP contribution is 2.25. The highest BCUT2D eigenvalue weighted by Gasteiger charge is 2.10. The van der Waals surface area contributed by atoms with Gasteiger partial charge < -0.3 is 5.32 Å². The van der Waals surface area contributed by atoms with Gasteiger partial charge in [-0.3, -0.25) is 0 Å². The minimum Gasteiger partial charge on any atom is -0.319 e. The minimum absolute atomic E-state index is 0.675. The van der Waals surface area contributed by atoms with Gasteiger partial charge >= 0.3 is 0 Å². The molecule has 0 bridgehead atoms. The summed E-state index contributed by atoms with van der Waals surface area (Å²) in [5.41, 5.74) is 2.28. The summed E-state index contributed by atoms with van der Waals surface area (Å²) in [4.78, 5) is 4.76.